The maximum absolute atomic E-state index is 11.2. The Balaban J connectivity index is 1.80. The molecule has 0 spiro atoms. The molecule has 0 aromatic carbocycles. The predicted octanol–water partition coefficient (Wildman–Crippen LogP) is -0.270. The number of aromatic amines is 1. The van der Waals surface area contributed by atoms with Crippen molar-refractivity contribution in [2.24, 2.45) is 0 Å². The first kappa shape index (κ1) is 9.21. The van der Waals surface area contributed by atoms with Crippen LogP contribution in [0.25, 0.3) is 0 Å². The van der Waals surface area contributed by atoms with Crippen molar-refractivity contribution in [3.63, 3.8) is 0 Å². The Morgan fingerprint density at radius 2 is 2.64 bits per heavy atom. The molecule has 2 heterocycles. The molecule has 0 saturated carbocycles. The summed E-state index contributed by atoms with van der Waals surface area (Å²) in [5, 5.41) is 3.29. The highest BCUT2D eigenvalue weighted by molar-refractivity contribution is 5.78. The van der Waals surface area contributed by atoms with E-state index in [4.69, 9.17) is 0 Å². The van der Waals surface area contributed by atoms with Crippen LogP contribution < -0.4 is 5.32 Å². The Morgan fingerprint density at radius 3 is 3.21 bits per heavy atom. The van der Waals surface area contributed by atoms with E-state index < -0.39 is 0 Å². The molecule has 1 unspecified atom stereocenters. The summed E-state index contributed by atoms with van der Waals surface area (Å²) in [6, 6.07) is 0.262. The van der Waals surface area contributed by atoms with Gasteiger partial charge in [-0.25, -0.2) is 4.98 Å². The Labute approximate surface area is 82.5 Å². The van der Waals surface area contributed by atoms with E-state index in [1.54, 1.807) is 17.3 Å². The molecule has 0 bridgehead atoms. The number of carbonyl (C=O) groups is 1. The predicted molar refractivity (Wildman–Crippen MR) is 51.5 cm³/mol. The molecule has 1 aliphatic rings. The fourth-order valence-corrected chi connectivity index (χ4v) is 1.64. The van der Waals surface area contributed by atoms with Crippen LogP contribution in [-0.2, 0) is 11.3 Å². The third kappa shape index (κ3) is 1.93. The normalized spacial score (nSPS) is 21.9. The molecule has 0 aliphatic carbocycles. The summed E-state index contributed by atoms with van der Waals surface area (Å²) in [4.78, 5) is 20.1. The first-order valence-corrected chi connectivity index (χ1v) is 4.71. The zero-order valence-electron chi connectivity index (χ0n) is 8.16. The molecule has 1 atom stereocenters. The maximum atomic E-state index is 11.2. The Morgan fingerprint density at radius 1 is 1.79 bits per heavy atom. The van der Waals surface area contributed by atoms with E-state index >= 15 is 0 Å². The Kier molecular flexibility index (Phi) is 2.49. The fraction of sp³-hybridized carbons (Fsp3) is 0.556. The lowest BCUT2D eigenvalue weighted by Crippen LogP contribution is -2.31. The van der Waals surface area contributed by atoms with Crippen LogP contribution in [0, 0.1) is 0 Å². The average Bonchev–Trinajstić information content (AvgIpc) is 2.74. The third-order valence-corrected chi connectivity index (χ3v) is 2.45. The van der Waals surface area contributed by atoms with Gasteiger partial charge in [0.15, 0.2) is 0 Å². The van der Waals surface area contributed by atoms with Crippen LogP contribution in [0.15, 0.2) is 12.4 Å². The van der Waals surface area contributed by atoms with E-state index in [-0.39, 0.29) is 11.9 Å². The molecule has 1 amide bonds. The smallest absolute Gasteiger partial charge is 0.224 e. The zero-order chi connectivity index (χ0) is 9.97. The summed E-state index contributed by atoms with van der Waals surface area (Å²) in [5.74, 6) is 1.12. The van der Waals surface area contributed by atoms with E-state index in [9.17, 15) is 4.79 Å². The molecular formula is C9H14N4O. The number of amides is 1. The van der Waals surface area contributed by atoms with Crippen molar-refractivity contribution in [1.29, 1.82) is 0 Å². The molecule has 1 saturated heterocycles. The average molecular weight is 194 g/mol. The van der Waals surface area contributed by atoms with E-state index in [0.717, 1.165) is 12.4 Å². The number of nitrogens with one attached hydrogen (secondary N) is 2. The lowest BCUT2D eigenvalue weighted by Gasteiger charge is -2.10. The minimum Gasteiger partial charge on any atom is -0.348 e. The number of rotatable bonds is 3. The summed E-state index contributed by atoms with van der Waals surface area (Å²) < 4.78 is 0. The number of carbonyl (C=O) groups excluding carboxylic acids is 1. The molecule has 1 aliphatic heterocycles. The van der Waals surface area contributed by atoms with Crippen molar-refractivity contribution in [3.05, 3.63) is 18.2 Å². The summed E-state index contributed by atoms with van der Waals surface area (Å²) in [6.07, 6.45) is 4.11. The topological polar surface area (TPSA) is 61.0 Å². The van der Waals surface area contributed by atoms with Crippen molar-refractivity contribution in [2.75, 3.05) is 13.6 Å². The van der Waals surface area contributed by atoms with E-state index in [2.05, 4.69) is 15.3 Å². The van der Waals surface area contributed by atoms with E-state index in [1.165, 1.54) is 0 Å². The molecule has 14 heavy (non-hydrogen) atoms. The molecule has 0 radical (unpaired) electrons. The highest BCUT2D eigenvalue weighted by atomic mass is 16.2. The lowest BCUT2D eigenvalue weighted by atomic mass is 10.2. The van der Waals surface area contributed by atoms with Crippen LogP contribution in [0.4, 0.5) is 0 Å². The summed E-state index contributed by atoms with van der Waals surface area (Å²) in [6.45, 7) is 1.48. The van der Waals surface area contributed by atoms with Crippen LogP contribution in [-0.4, -0.2) is 40.4 Å². The standard InChI is InChI=1S/C9H14N4O/c1-13-6-7(4-9(13)14)12-5-8-10-2-3-11-8/h2-3,7,12H,4-6H2,1H3,(H,10,11). The SMILES string of the molecule is CN1CC(NCc2ncc[nH]2)CC1=O. The monoisotopic (exact) mass is 194 g/mol. The van der Waals surface area contributed by atoms with Crippen LogP contribution in [0.1, 0.15) is 12.2 Å². The molecule has 2 N–H and O–H groups in total. The molecule has 76 valence electrons. The van der Waals surface area contributed by atoms with Crippen LogP contribution >= 0.6 is 0 Å². The maximum Gasteiger partial charge on any atom is 0.224 e. The highest BCUT2D eigenvalue weighted by Gasteiger charge is 2.25. The summed E-state index contributed by atoms with van der Waals surface area (Å²) in [7, 11) is 1.83. The molecular weight excluding hydrogens is 180 g/mol. The number of H-pyrrole nitrogens is 1. The second kappa shape index (κ2) is 3.79. The van der Waals surface area contributed by atoms with Gasteiger partial charge >= 0.3 is 0 Å². The van der Waals surface area contributed by atoms with Crippen LogP contribution in [0.3, 0.4) is 0 Å². The summed E-state index contributed by atoms with van der Waals surface area (Å²) >= 11 is 0. The number of aromatic nitrogens is 2. The van der Waals surface area contributed by atoms with Crippen molar-refractivity contribution >= 4 is 5.91 Å². The minimum atomic E-state index is 0.210. The fourth-order valence-electron chi connectivity index (χ4n) is 1.64. The second-order valence-corrected chi connectivity index (χ2v) is 3.59. The van der Waals surface area contributed by atoms with Gasteiger partial charge in [-0.2, -0.15) is 0 Å². The number of imidazole rings is 1. The van der Waals surface area contributed by atoms with Gasteiger partial charge in [0, 0.05) is 38.4 Å². The second-order valence-electron chi connectivity index (χ2n) is 3.59. The Bertz CT molecular complexity index is 309. The number of nitrogens with zero attached hydrogens (tertiary/aromatic N) is 2. The van der Waals surface area contributed by atoms with Gasteiger partial charge in [0.1, 0.15) is 5.82 Å². The molecule has 1 aromatic heterocycles. The zero-order valence-corrected chi connectivity index (χ0v) is 8.16. The Hall–Kier alpha value is -1.36. The first-order chi connectivity index (χ1) is 6.75. The van der Waals surface area contributed by atoms with Gasteiger partial charge in [-0.3, -0.25) is 4.79 Å². The quantitative estimate of drug-likeness (QED) is 0.696. The number of hydrogen-bond acceptors (Lipinski definition) is 3. The number of likely N-dealkylation sites (tertiary alicyclic amines) is 1. The lowest BCUT2D eigenvalue weighted by molar-refractivity contribution is -0.126. The van der Waals surface area contributed by atoms with Crippen LogP contribution in [0.2, 0.25) is 0 Å². The minimum absolute atomic E-state index is 0.210. The highest BCUT2D eigenvalue weighted by Crippen LogP contribution is 2.08. The van der Waals surface area contributed by atoms with Gasteiger partial charge in [-0.05, 0) is 0 Å². The number of likely N-dealkylation sites (N-methyl/N-ethyl adjacent to an activating group) is 1. The molecule has 1 fully saturated rings. The van der Waals surface area contributed by atoms with Gasteiger partial charge < -0.3 is 15.2 Å². The largest absolute Gasteiger partial charge is 0.348 e. The molecule has 2 rings (SSSR count). The van der Waals surface area contributed by atoms with Crippen LogP contribution in [0.5, 0.6) is 0 Å². The molecule has 5 nitrogen and oxygen atoms in total. The summed E-state index contributed by atoms with van der Waals surface area (Å²) in [5.41, 5.74) is 0. The van der Waals surface area contributed by atoms with Crippen molar-refractivity contribution in [1.82, 2.24) is 20.2 Å². The van der Waals surface area contributed by atoms with Gasteiger partial charge in [-0.15, -0.1) is 0 Å². The van der Waals surface area contributed by atoms with Gasteiger partial charge in [0.25, 0.3) is 0 Å². The van der Waals surface area contributed by atoms with E-state index in [0.29, 0.717) is 13.0 Å². The number of hydrogen-bond donors (Lipinski definition) is 2. The molecule has 1 aromatic rings. The van der Waals surface area contributed by atoms with Crippen molar-refractivity contribution in [2.45, 2.75) is 19.0 Å². The van der Waals surface area contributed by atoms with Gasteiger partial charge in [0.2, 0.25) is 5.91 Å². The third-order valence-electron chi connectivity index (χ3n) is 2.45. The van der Waals surface area contributed by atoms with Gasteiger partial charge in [-0.1, -0.05) is 0 Å². The van der Waals surface area contributed by atoms with E-state index in [1.807, 2.05) is 7.05 Å². The van der Waals surface area contributed by atoms with Crippen molar-refractivity contribution < 1.29 is 4.79 Å². The molecule has 5 heteroatoms. The van der Waals surface area contributed by atoms with Gasteiger partial charge in [0.05, 0.1) is 6.54 Å². The van der Waals surface area contributed by atoms with Crippen molar-refractivity contribution in [3.8, 4) is 0 Å². The first-order valence-electron chi connectivity index (χ1n) is 4.71.